The molecule has 0 atom stereocenters. The fraction of sp³-hybridized carbons (Fsp3) is 0.333. The molecular weight excluding hydrogens is 356 g/mol. The zero-order valence-electron chi connectivity index (χ0n) is 16.0. The van der Waals surface area contributed by atoms with Crippen molar-refractivity contribution in [3.05, 3.63) is 59.2 Å². The third kappa shape index (κ3) is 3.67. The molecule has 0 N–H and O–H groups in total. The molecule has 0 spiro atoms. The van der Waals surface area contributed by atoms with Crippen LogP contribution in [0.5, 0.6) is 5.75 Å². The second-order valence-corrected chi connectivity index (χ2v) is 7.67. The normalized spacial score (nSPS) is 13.1. The molecule has 2 heterocycles. The minimum absolute atomic E-state index is 0.679. The van der Waals surface area contributed by atoms with Gasteiger partial charge in [0.2, 0.25) is 5.95 Å². The summed E-state index contributed by atoms with van der Waals surface area (Å²) in [5.74, 6) is 2.73. The first-order valence-corrected chi connectivity index (χ1v) is 10.3. The van der Waals surface area contributed by atoms with E-state index in [9.17, 15) is 0 Å². The minimum atomic E-state index is 0.679. The van der Waals surface area contributed by atoms with Gasteiger partial charge in [0.1, 0.15) is 5.75 Å². The molecule has 6 heteroatoms. The number of rotatable bonds is 6. The van der Waals surface area contributed by atoms with Crippen LogP contribution in [0.2, 0.25) is 0 Å². The van der Waals surface area contributed by atoms with Crippen LogP contribution in [0.25, 0.3) is 0 Å². The highest BCUT2D eigenvalue weighted by Crippen LogP contribution is 2.34. The van der Waals surface area contributed by atoms with Crippen molar-refractivity contribution in [2.75, 3.05) is 18.1 Å². The van der Waals surface area contributed by atoms with Crippen LogP contribution < -0.4 is 9.64 Å². The van der Waals surface area contributed by atoms with Crippen LogP contribution in [0.1, 0.15) is 23.6 Å². The summed E-state index contributed by atoms with van der Waals surface area (Å²) in [6.07, 6.45) is 0. The number of thioether (sulfide) groups is 1. The molecule has 0 amide bonds. The lowest BCUT2D eigenvalue weighted by Gasteiger charge is -2.15. The molecule has 0 aliphatic carbocycles. The average molecular weight is 381 g/mol. The molecular formula is C21H24N4OS. The van der Waals surface area contributed by atoms with E-state index in [0.29, 0.717) is 6.61 Å². The molecule has 4 rings (SSSR count). The molecule has 0 unspecified atom stereocenters. The summed E-state index contributed by atoms with van der Waals surface area (Å²) >= 11 is 1.76. The Hall–Kier alpha value is -2.47. The summed E-state index contributed by atoms with van der Waals surface area (Å²) in [4.78, 5) is 2.21. The van der Waals surface area contributed by atoms with Crippen LogP contribution in [0.15, 0.2) is 47.6 Å². The summed E-state index contributed by atoms with van der Waals surface area (Å²) in [5, 5.41) is 9.88. The minimum Gasteiger partial charge on any atom is -0.494 e. The van der Waals surface area contributed by atoms with Gasteiger partial charge in [0.25, 0.3) is 0 Å². The van der Waals surface area contributed by atoms with Gasteiger partial charge in [-0.2, -0.15) is 0 Å². The Bertz CT molecular complexity index is 936. The molecule has 140 valence electrons. The molecule has 0 saturated heterocycles. The van der Waals surface area contributed by atoms with Crippen molar-refractivity contribution < 1.29 is 4.74 Å². The van der Waals surface area contributed by atoms with Gasteiger partial charge in [-0.25, -0.2) is 0 Å². The molecule has 2 aromatic carbocycles. The van der Waals surface area contributed by atoms with Crippen molar-refractivity contribution in [3.63, 3.8) is 0 Å². The maximum absolute atomic E-state index is 5.53. The first-order chi connectivity index (χ1) is 13.2. The van der Waals surface area contributed by atoms with E-state index in [2.05, 4.69) is 63.8 Å². The SMILES string of the molecule is CCOc1ccc(N2CCn3c(SCc4cc(C)ccc4C)nnc32)cc1. The Morgan fingerprint density at radius 2 is 1.85 bits per heavy atom. The summed E-state index contributed by atoms with van der Waals surface area (Å²) in [6, 6.07) is 14.8. The lowest BCUT2D eigenvalue weighted by atomic mass is 10.1. The van der Waals surface area contributed by atoms with Gasteiger partial charge in [0.05, 0.1) is 6.61 Å². The van der Waals surface area contributed by atoms with Crippen molar-refractivity contribution in [1.82, 2.24) is 14.8 Å². The Kier molecular flexibility index (Phi) is 5.07. The van der Waals surface area contributed by atoms with Crippen LogP contribution in [0.3, 0.4) is 0 Å². The highest BCUT2D eigenvalue weighted by molar-refractivity contribution is 7.98. The van der Waals surface area contributed by atoms with Gasteiger partial charge < -0.3 is 9.64 Å². The zero-order valence-corrected chi connectivity index (χ0v) is 16.8. The quantitative estimate of drug-likeness (QED) is 0.578. The maximum atomic E-state index is 5.53. The Morgan fingerprint density at radius 3 is 2.63 bits per heavy atom. The van der Waals surface area contributed by atoms with Crippen molar-refractivity contribution >= 4 is 23.4 Å². The molecule has 0 bridgehead atoms. The molecule has 27 heavy (non-hydrogen) atoms. The van der Waals surface area contributed by atoms with E-state index >= 15 is 0 Å². The van der Waals surface area contributed by atoms with Crippen LogP contribution >= 0.6 is 11.8 Å². The number of hydrogen-bond acceptors (Lipinski definition) is 5. The molecule has 3 aromatic rings. The van der Waals surface area contributed by atoms with Crippen LogP contribution in [0.4, 0.5) is 11.6 Å². The molecule has 1 aliphatic heterocycles. The van der Waals surface area contributed by atoms with Crippen LogP contribution in [-0.2, 0) is 12.3 Å². The molecule has 1 aliphatic rings. The van der Waals surface area contributed by atoms with Gasteiger partial charge in [-0.15, -0.1) is 10.2 Å². The molecule has 0 radical (unpaired) electrons. The Balaban J connectivity index is 1.50. The second-order valence-electron chi connectivity index (χ2n) is 6.73. The van der Waals surface area contributed by atoms with E-state index in [0.717, 1.165) is 41.4 Å². The van der Waals surface area contributed by atoms with Gasteiger partial charge in [-0.1, -0.05) is 35.5 Å². The number of aryl methyl sites for hydroxylation is 2. The van der Waals surface area contributed by atoms with E-state index in [1.165, 1.54) is 16.7 Å². The number of benzene rings is 2. The number of fused-ring (bicyclic) bond motifs is 1. The van der Waals surface area contributed by atoms with Crippen molar-refractivity contribution in [3.8, 4) is 5.75 Å². The van der Waals surface area contributed by atoms with Crippen LogP contribution in [0, 0.1) is 13.8 Å². The Labute approximate surface area is 164 Å². The first-order valence-electron chi connectivity index (χ1n) is 9.28. The van der Waals surface area contributed by atoms with Crippen molar-refractivity contribution in [2.45, 2.75) is 38.2 Å². The lowest BCUT2D eigenvalue weighted by molar-refractivity contribution is 0.340. The van der Waals surface area contributed by atoms with E-state index in [1.807, 2.05) is 19.1 Å². The summed E-state index contributed by atoms with van der Waals surface area (Å²) in [5.41, 5.74) is 5.10. The summed E-state index contributed by atoms with van der Waals surface area (Å²) < 4.78 is 7.75. The Morgan fingerprint density at radius 1 is 1.04 bits per heavy atom. The highest BCUT2D eigenvalue weighted by Gasteiger charge is 2.26. The third-order valence-electron chi connectivity index (χ3n) is 4.81. The lowest BCUT2D eigenvalue weighted by Crippen LogP contribution is -2.14. The summed E-state index contributed by atoms with van der Waals surface area (Å²) in [7, 11) is 0. The van der Waals surface area contributed by atoms with E-state index in [1.54, 1.807) is 11.8 Å². The van der Waals surface area contributed by atoms with Gasteiger partial charge in [-0.05, 0) is 56.2 Å². The van der Waals surface area contributed by atoms with Gasteiger partial charge in [0, 0.05) is 24.5 Å². The number of ether oxygens (including phenoxy) is 1. The van der Waals surface area contributed by atoms with Gasteiger partial charge in [0.15, 0.2) is 5.16 Å². The number of hydrogen-bond donors (Lipinski definition) is 0. The maximum Gasteiger partial charge on any atom is 0.232 e. The molecule has 0 saturated carbocycles. The average Bonchev–Trinajstić information content (AvgIpc) is 3.26. The first kappa shape index (κ1) is 17.9. The van der Waals surface area contributed by atoms with Crippen molar-refractivity contribution in [1.29, 1.82) is 0 Å². The topological polar surface area (TPSA) is 43.2 Å². The number of nitrogens with zero attached hydrogens (tertiary/aromatic N) is 4. The fourth-order valence-electron chi connectivity index (χ4n) is 3.31. The standard InChI is InChI=1S/C21H24N4OS/c1-4-26-19-9-7-18(8-10-19)24-11-12-25-20(24)22-23-21(25)27-14-17-13-15(2)5-6-16(17)3/h5-10,13H,4,11-12,14H2,1-3H3. The highest BCUT2D eigenvalue weighted by atomic mass is 32.2. The van der Waals surface area contributed by atoms with E-state index < -0.39 is 0 Å². The van der Waals surface area contributed by atoms with Crippen LogP contribution in [-0.4, -0.2) is 27.9 Å². The zero-order chi connectivity index (χ0) is 18.8. The molecule has 0 fully saturated rings. The van der Waals surface area contributed by atoms with Crippen molar-refractivity contribution in [2.24, 2.45) is 0 Å². The predicted octanol–water partition coefficient (Wildman–Crippen LogP) is 4.74. The molecule has 5 nitrogen and oxygen atoms in total. The third-order valence-corrected chi connectivity index (χ3v) is 5.82. The predicted molar refractivity (Wildman–Crippen MR) is 110 cm³/mol. The number of anilines is 2. The fourth-order valence-corrected chi connectivity index (χ4v) is 4.34. The van der Waals surface area contributed by atoms with Gasteiger partial charge >= 0.3 is 0 Å². The smallest absolute Gasteiger partial charge is 0.232 e. The summed E-state index contributed by atoms with van der Waals surface area (Å²) in [6.45, 7) is 8.79. The molecule has 1 aromatic heterocycles. The van der Waals surface area contributed by atoms with E-state index in [-0.39, 0.29) is 0 Å². The van der Waals surface area contributed by atoms with E-state index in [4.69, 9.17) is 4.74 Å². The number of aromatic nitrogens is 3. The monoisotopic (exact) mass is 380 g/mol. The largest absolute Gasteiger partial charge is 0.494 e. The second kappa shape index (κ2) is 7.64. The van der Waals surface area contributed by atoms with Gasteiger partial charge in [-0.3, -0.25) is 4.57 Å².